The van der Waals surface area contributed by atoms with Crippen LogP contribution in [0.25, 0.3) is 64.7 Å². The van der Waals surface area contributed by atoms with Gasteiger partial charge in [-0.25, -0.2) is 0 Å². The molecular weight excluding hydrogens is 781 g/mol. The molecule has 0 N–H and O–H groups in total. The third-order valence-corrected chi connectivity index (χ3v) is 12.7. The lowest BCUT2D eigenvalue weighted by Gasteiger charge is -2.30. The van der Waals surface area contributed by atoms with Crippen LogP contribution in [-0.4, -0.2) is 0 Å². The van der Waals surface area contributed by atoms with Gasteiger partial charge in [0.25, 0.3) is 0 Å². The van der Waals surface area contributed by atoms with E-state index in [0.717, 1.165) is 67.5 Å². The van der Waals surface area contributed by atoms with Gasteiger partial charge in [0.1, 0.15) is 0 Å². The van der Waals surface area contributed by atoms with Crippen LogP contribution in [0.1, 0.15) is 6.85 Å². The van der Waals surface area contributed by atoms with Gasteiger partial charge in [0.05, 0.1) is 18.2 Å². The van der Waals surface area contributed by atoms with Crippen molar-refractivity contribution in [3.63, 3.8) is 0 Å². The van der Waals surface area contributed by atoms with Crippen LogP contribution in [0, 0.1) is 0 Å². The maximum Gasteiger partial charge on any atom is 0.0629 e. The molecule has 0 aliphatic carbocycles. The average Bonchev–Trinajstić information content (AvgIpc) is 3.79. The molecule has 1 aromatic heterocycles. The highest BCUT2D eigenvalue weighted by Crippen LogP contribution is 2.48. The van der Waals surface area contributed by atoms with Crippen molar-refractivity contribution in [2.75, 3.05) is 9.80 Å². The molecule has 11 rings (SSSR count). The summed E-state index contributed by atoms with van der Waals surface area (Å²) < 4.78 is 45.2. The minimum atomic E-state index is -0.416. The Hall–Kier alpha value is -7.98. The number of anilines is 6. The summed E-state index contributed by atoms with van der Waals surface area (Å²) in [4.78, 5) is 4.56. The first-order valence-corrected chi connectivity index (χ1v) is 21.8. The van der Waals surface area contributed by atoms with Crippen molar-refractivity contribution in [1.29, 1.82) is 0 Å². The summed E-state index contributed by atoms with van der Waals surface area (Å²) >= 11 is 1.81. The van der Waals surface area contributed by atoms with Crippen molar-refractivity contribution in [3.05, 3.63) is 255 Å². The highest BCUT2D eigenvalue weighted by molar-refractivity contribution is 7.26. The summed E-state index contributed by atoms with van der Waals surface area (Å²) in [6.45, 7) is 0. The third-order valence-electron chi connectivity index (χ3n) is 11.5. The number of rotatable bonds is 10. The monoisotopic (exact) mass is 827 g/mol. The molecule has 0 aliphatic rings. The van der Waals surface area contributed by atoms with Gasteiger partial charge in [-0.2, -0.15) is 0 Å². The first kappa shape index (κ1) is 32.7. The Balaban J connectivity index is 1.08. The summed E-state index contributed by atoms with van der Waals surface area (Å²) in [5.41, 5.74) is 12.9. The first-order valence-electron chi connectivity index (χ1n) is 23.5. The SMILES string of the molecule is [2H]c1c([2H])c([2H])c(-c2cccc(N(c3ccc(-c4ccccc4)cc3)c3cccc(-c4ccccc4N(c4ccc(-c5ccccc5)cc4)c4cccc5sc6ccccc6c45)c3)c2)c([2H])c1[2H]. The Morgan fingerprint density at radius 2 is 0.810 bits per heavy atom. The molecule has 0 bridgehead atoms. The van der Waals surface area contributed by atoms with Gasteiger partial charge in [-0.05, 0) is 112 Å². The molecule has 0 unspecified atom stereocenters. The van der Waals surface area contributed by atoms with Crippen LogP contribution in [0.5, 0.6) is 0 Å². The Kier molecular flexibility index (Phi) is 8.74. The van der Waals surface area contributed by atoms with Crippen molar-refractivity contribution < 1.29 is 6.85 Å². The molecule has 0 amide bonds. The summed E-state index contributed by atoms with van der Waals surface area (Å²) in [5.74, 6) is 0. The maximum absolute atomic E-state index is 8.82. The van der Waals surface area contributed by atoms with Gasteiger partial charge < -0.3 is 9.80 Å². The molecule has 10 aromatic carbocycles. The second kappa shape index (κ2) is 16.8. The summed E-state index contributed by atoms with van der Waals surface area (Å²) in [5, 5.41) is 2.42. The van der Waals surface area contributed by atoms with Gasteiger partial charge in [0, 0.05) is 48.5 Å². The van der Waals surface area contributed by atoms with E-state index in [4.69, 9.17) is 6.85 Å². The van der Waals surface area contributed by atoms with Crippen LogP contribution in [-0.2, 0) is 0 Å². The lowest BCUT2D eigenvalue weighted by molar-refractivity contribution is 1.28. The number of fused-ring (bicyclic) bond motifs is 3. The second-order valence-electron chi connectivity index (χ2n) is 15.4. The molecular formula is C60H42N2S. The number of benzene rings is 10. The molecule has 1 heterocycles. The lowest BCUT2D eigenvalue weighted by atomic mass is 9.99. The fourth-order valence-electron chi connectivity index (χ4n) is 8.58. The second-order valence-corrected chi connectivity index (χ2v) is 16.4. The molecule has 0 aliphatic heterocycles. The van der Waals surface area contributed by atoms with Gasteiger partial charge in [0.15, 0.2) is 0 Å². The quantitative estimate of drug-likeness (QED) is 0.135. The van der Waals surface area contributed by atoms with E-state index in [9.17, 15) is 0 Å². The Labute approximate surface area is 379 Å². The van der Waals surface area contributed by atoms with Crippen molar-refractivity contribution in [2.24, 2.45) is 0 Å². The molecule has 63 heavy (non-hydrogen) atoms. The first-order chi connectivity index (χ1) is 33.3. The van der Waals surface area contributed by atoms with E-state index in [1.807, 2.05) is 53.8 Å². The Morgan fingerprint density at radius 1 is 0.317 bits per heavy atom. The third kappa shape index (κ3) is 7.46. The number of hydrogen-bond donors (Lipinski definition) is 0. The number of para-hydroxylation sites is 1. The zero-order valence-corrected chi connectivity index (χ0v) is 35.0. The molecule has 2 nitrogen and oxygen atoms in total. The summed E-state index contributed by atoms with van der Waals surface area (Å²) in [6, 6.07) is 76.3. The average molecular weight is 828 g/mol. The predicted octanol–water partition coefficient (Wildman–Crippen LogP) is 17.7. The molecule has 0 fully saturated rings. The molecule has 3 heteroatoms. The zero-order valence-electron chi connectivity index (χ0n) is 39.2. The highest BCUT2D eigenvalue weighted by atomic mass is 32.1. The zero-order chi connectivity index (χ0) is 46.3. The fourth-order valence-corrected chi connectivity index (χ4v) is 9.71. The number of thiophene rings is 1. The standard InChI is InChI=1S/C60H42N2S/c1-4-17-43(18-5-1)46-33-37-50(38-34-46)61(52-25-14-23-48(41-52)45-21-8-3-9-22-45)53-26-15-24-49(42-53)54-27-10-12-29-56(54)62(51-39-35-47(36-40-51)44-19-6-2-7-20-44)57-30-16-32-59-60(57)55-28-11-13-31-58(55)63-59/h1-42H/i3D,8D,9D,21D,22D. The van der Waals surface area contributed by atoms with Crippen LogP contribution in [0.3, 0.4) is 0 Å². The van der Waals surface area contributed by atoms with Crippen LogP contribution in [0.2, 0.25) is 0 Å². The van der Waals surface area contributed by atoms with Gasteiger partial charge in [-0.3, -0.25) is 0 Å². The largest absolute Gasteiger partial charge is 0.310 e. The van der Waals surface area contributed by atoms with E-state index < -0.39 is 6.04 Å². The number of hydrogen-bond acceptors (Lipinski definition) is 3. The predicted molar refractivity (Wildman–Crippen MR) is 270 cm³/mol. The Bertz CT molecular complexity index is 3600. The smallest absolute Gasteiger partial charge is 0.0629 e. The summed E-state index contributed by atoms with van der Waals surface area (Å²) in [6.07, 6.45) is 0. The lowest BCUT2D eigenvalue weighted by Crippen LogP contribution is -2.12. The van der Waals surface area contributed by atoms with E-state index in [2.05, 4.69) is 186 Å². The molecule has 0 atom stereocenters. The van der Waals surface area contributed by atoms with Crippen molar-refractivity contribution in [3.8, 4) is 44.5 Å². The van der Waals surface area contributed by atoms with E-state index in [1.165, 1.54) is 20.2 Å². The van der Waals surface area contributed by atoms with Gasteiger partial charge in [0.2, 0.25) is 0 Å². The van der Waals surface area contributed by atoms with Gasteiger partial charge >= 0.3 is 0 Å². The van der Waals surface area contributed by atoms with Crippen molar-refractivity contribution >= 4 is 65.6 Å². The molecule has 0 saturated heterocycles. The molecule has 11 aromatic rings. The van der Waals surface area contributed by atoms with Crippen molar-refractivity contribution in [2.45, 2.75) is 0 Å². The highest BCUT2D eigenvalue weighted by Gasteiger charge is 2.22. The van der Waals surface area contributed by atoms with E-state index in [0.29, 0.717) is 5.56 Å². The van der Waals surface area contributed by atoms with E-state index in [-0.39, 0.29) is 29.7 Å². The fraction of sp³-hybridized carbons (Fsp3) is 0. The molecule has 298 valence electrons. The van der Waals surface area contributed by atoms with Gasteiger partial charge in [-0.15, -0.1) is 11.3 Å². The normalized spacial score (nSPS) is 12.3. The van der Waals surface area contributed by atoms with Crippen LogP contribution in [0.15, 0.2) is 255 Å². The van der Waals surface area contributed by atoms with Crippen LogP contribution < -0.4 is 9.80 Å². The number of nitrogens with zero attached hydrogens (tertiary/aromatic N) is 2. The molecule has 0 saturated carbocycles. The Morgan fingerprint density at radius 3 is 1.49 bits per heavy atom. The van der Waals surface area contributed by atoms with Crippen LogP contribution in [0.4, 0.5) is 34.1 Å². The summed E-state index contributed by atoms with van der Waals surface area (Å²) in [7, 11) is 0. The maximum atomic E-state index is 8.82. The molecule has 0 radical (unpaired) electrons. The molecule has 0 spiro atoms. The van der Waals surface area contributed by atoms with Gasteiger partial charge in [-0.1, -0.05) is 182 Å². The van der Waals surface area contributed by atoms with Crippen molar-refractivity contribution in [1.82, 2.24) is 0 Å². The minimum Gasteiger partial charge on any atom is -0.310 e. The topological polar surface area (TPSA) is 6.48 Å². The van der Waals surface area contributed by atoms with Crippen LogP contribution >= 0.6 is 11.3 Å². The minimum absolute atomic E-state index is 0.158. The van der Waals surface area contributed by atoms with E-state index >= 15 is 0 Å². The van der Waals surface area contributed by atoms with E-state index in [1.54, 1.807) is 6.07 Å².